The van der Waals surface area contributed by atoms with Crippen LogP contribution in [0.15, 0.2) is 30.5 Å². The maximum atomic E-state index is 12.3. The van der Waals surface area contributed by atoms with Crippen LogP contribution in [0.4, 0.5) is 0 Å². The van der Waals surface area contributed by atoms with E-state index in [2.05, 4.69) is 5.32 Å². The largest absolute Gasteiger partial charge is 0.463 e. The highest BCUT2D eigenvalue weighted by atomic mass is 16.5. The molecule has 1 N–H and O–H groups in total. The smallest absolute Gasteiger partial charge is 0.307 e. The predicted molar refractivity (Wildman–Crippen MR) is 94.2 cm³/mol. The number of esters is 1. The van der Waals surface area contributed by atoms with E-state index in [0.717, 1.165) is 11.1 Å². The minimum atomic E-state index is -0.346. The molecule has 2 amide bonds. The van der Waals surface area contributed by atoms with Crippen LogP contribution in [0.2, 0.25) is 0 Å². The fraction of sp³-hybridized carbons (Fsp3) is 0.421. The lowest BCUT2D eigenvalue weighted by Crippen LogP contribution is -2.35. The second kappa shape index (κ2) is 8.46. The Morgan fingerprint density at radius 2 is 1.96 bits per heavy atom. The summed E-state index contributed by atoms with van der Waals surface area (Å²) in [6, 6.07) is 7.34. The van der Waals surface area contributed by atoms with Crippen LogP contribution < -0.4 is 5.32 Å². The molecule has 0 radical (unpaired) electrons. The van der Waals surface area contributed by atoms with Crippen LogP contribution in [0.1, 0.15) is 50.8 Å². The number of hydrogen-bond donors (Lipinski definition) is 1. The molecule has 0 saturated carbocycles. The third-order valence-corrected chi connectivity index (χ3v) is 3.87. The summed E-state index contributed by atoms with van der Waals surface area (Å²) < 4.78 is 5.02. The number of fused-ring (bicyclic) bond motifs is 1. The molecule has 1 aliphatic rings. The summed E-state index contributed by atoms with van der Waals surface area (Å²) in [6.45, 7) is 5.25. The second-order valence-corrected chi connectivity index (χ2v) is 6.23. The summed E-state index contributed by atoms with van der Waals surface area (Å²) in [5.74, 6) is -0.672. The van der Waals surface area contributed by atoms with Crippen molar-refractivity contribution in [1.82, 2.24) is 10.2 Å². The molecular formula is C19H24N2O4. The van der Waals surface area contributed by atoms with Gasteiger partial charge in [0.15, 0.2) is 0 Å². The fourth-order valence-corrected chi connectivity index (χ4v) is 2.79. The first-order valence-corrected chi connectivity index (χ1v) is 8.40. The Labute approximate surface area is 147 Å². The molecule has 0 bridgehead atoms. The molecule has 0 saturated heterocycles. The molecule has 1 aliphatic heterocycles. The highest BCUT2D eigenvalue weighted by Gasteiger charge is 2.28. The SMILES string of the molecule is CC(=O)N1C=Cc2ccccc2C1CC(=O)NCCC(=O)OC(C)C. The summed E-state index contributed by atoms with van der Waals surface area (Å²) in [7, 11) is 0. The number of carbonyl (C=O) groups excluding carboxylic acids is 3. The van der Waals surface area contributed by atoms with Crippen molar-refractivity contribution in [3.63, 3.8) is 0 Å². The van der Waals surface area contributed by atoms with Crippen LogP contribution in [0.3, 0.4) is 0 Å². The minimum absolute atomic E-state index is 0.121. The number of hydrogen-bond acceptors (Lipinski definition) is 4. The lowest BCUT2D eigenvalue weighted by atomic mass is 9.93. The molecule has 134 valence electrons. The quantitative estimate of drug-likeness (QED) is 0.804. The van der Waals surface area contributed by atoms with E-state index in [4.69, 9.17) is 4.74 Å². The first-order valence-electron chi connectivity index (χ1n) is 8.40. The van der Waals surface area contributed by atoms with Crippen molar-refractivity contribution >= 4 is 23.9 Å². The van der Waals surface area contributed by atoms with Gasteiger partial charge in [0, 0.05) is 19.7 Å². The van der Waals surface area contributed by atoms with E-state index in [1.54, 1.807) is 24.9 Å². The summed E-state index contributed by atoms with van der Waals surface area (Å²) in [6.07, 6.45) is 3.68. The van der Waals surface area contributed by atoms with Crippen molar-refractivity contribution in [2.24, 2.45) is 0 Å². The Morgan fingerprint density at radius 1 is 1.24 bits per heavy atom. The van der Waals surface area contributed by atoms with Crippen molar-refractivity contribution in [2.75, 3.05) is 6.54 Å². The highest BCUT2D eigenvalue weighted by molar-refractivity contribution is 5.82. The Bertz CT molecular complexity index is 682. The van der Waals surface area contributed by atoms with Gasteiger partial charge in [-0.2, -0.15) is 0 Å². The molecule has 0 aromatic heterocycles. The molecule has 0 spiro atoms. The normalized spacial score (nSPS) is 15.7. The summed E-state index contributed by atoms with van der Waals surface area (Å²) >= 11 is 0. The Kier molecular flexibility index (Phi) is 6.33. The predicted octanol–water partition coefficient (Wildman–Crippen LogP) is 2.41. The average molecular weight is 344 g/mol. The summed E-state index contributed by atoms with van der Waals surface area (Å²) in [5.41, 5.74) is 1.94. The number of nitrogens with one attached hydrogen (secondary N) is 1. The molecule has 0 aliphatic carbocycles. The zero-order valence-corrected chi connectivity index (χ0v) is 14.8. The number of carbonyl (C=O) groups is 3. The molecule has 1 aromatic rings. The van der Waals surface area contributed by atoms with Gasteiger partial charge in [-0.3, -0.25) is 14.4 Å². The van der Waals surface area contributed by atoms with E-state index in [0.29, 0.717) is 0 Å². The molecule has 1 aromatic carbocycles. The van der Waals surface area contributed by atoms with Crippen molar-refractivity contribution in [3.8, 4) is 0 Å². The Balaban J connectivity index is 1.97. The summed E-state index contributed by atoms with van der Waals surface area (Å²) in [5, 5.41) is 2.72. The van der Waals surface area contributed by atoms with Crippen molar-refractivity contribution in [1.29, 1.82) is 0 Å². The molecule has 25 heavy (non-hydrogen) atoms. The Hall–Kier alpha value is -2.63. The van der Waals surface area contributed by atoms with Crippen molar-refractivity contribution in [2.45, 2.75) is 45.8 Å². The van der Waals surface area contributed by atoms with E-state index in [1.807, 2.05) is 30.3 Å². The van der Waals surface area contributed by atoms with Crippen LogP contribution >= 0.6 is 0 Å². The monoisotopic (exact) mass is 344 g/mol. The van der Waals surface area contributed by atoms with E-state index in [-0.39, 0.29) is 49.3 Å². The van der Waals surface area contributed by atoms with Gasteiger partial charge < -0.3 is 15.0 Å². The topological polar surface area (TPSA) is 75.7 Å². The molecule has 1 heterocycles. The number of amides is 2. The molecule has 0 fully saturated rings. The van der Waals surface area contributed by atoms with E-state index >= 15 is 0 Å². The van der Waals surface area contributed by atoms with Gasteiger partial charge in [-0.1, -0.05) is 24.3 Å². The van der Waals surface area contributed by atoms with Gasteiger partial charge in [0.05, 0.1) is 25.0 Å². The third kappa shape index (κ3) is 5.17. The van der Waals surface area contributed by atoms with Crippen LogP contribution in [-0.4, -0.2) is 35.3 Å². The van der Waals surface area contributed by atoms with Gasteiger partial charge in [0.2, 0.25) is 11.8 Å². The van der Waals surface area contributed by atoms with Gasteiger partial charge in [-0.05, 0) is 31.1 Å². The number of nitrogens with zero attached hydrogens (tertiary/aromatic N) is 1. The molecule has 2 rings (SSSR count). The van der Waals surface area contributed by atoms with Gasteiger partial charge in [-0.15, -0.1) is 0 Å². The molecule has 1 atom stereocenters. The molecule has 6 nitrogen and oxygen atoms in total. The maximum absolute atomic E-state index is 12.3. The first kappa shape index (κ1) is 18.7. The average Bonchev–Trinajstić information content (AvgIpc) is 2.54. The highest BCUT2D eigenvalue weighted by Crippen LogP contribution is 2.32. The first-order chi connectivity index (χ1) is 11.9. The van der Waals surface area contributed by atoms with Gasteiger partial charge in [0.1, 0.15) is 0 Å². The zero-order valence-electron chi connectivity index (χ0n) is 14.8. The molecule has 6 heteroatoms. The number of ether oxygens (including phenoxy) is 1. The summed E-state index contributed by atoms with van der Waals surface area (Å²) in [4.78, 5) is 37.2. The maximum Gasteiger partial charge on any atom is 0.307 e. The zero-order chi connectivity index (χ0) is 18.4. The van der Waals surface area contributed by atoms with Gasteiger partial charge in [0.25, 0.3) is 0 Å². The fourth-order valence-electron chi connectivity index (χ4n) is 2.79. The van der Waals surface area contributed by atoms with Gasteiger partial charge in [-0.25, -0.2) is 0 Å². The Morgan fingerprint density at radius 3 is 2.64 bits per heavy atom. The molecule has 1 unspecified atom stereocenters. The van der Waals surface area contributed by atoms with Crippen LogP contribution in [0, 0.1) is 0 Å². The lowest BCUT2D eigenvalue weighted by Gasteiger charge is -2.32. The standard InChI is InChI=1S/C19H24N2O4/c1-13(2)25-19(24)8-10-20-18(23)12-17-16-7-5-4-6-15(16)9-11-21(17)14(3)22/h4-7,9,11,13,17H,8,10,12H2,1-3H3,(H,20,23). The molecular weight excluding hydrogens is 320 g/mol. The number of rotatable bonds is 6. The second-order valence-electron chi connectivity index (χ2n) is 6.23. The van der Waals surface area contributed by atoms with Crippen molar-refractivity contribution in [3.05, 3.63) is 41.6 Å². The lowest BCUT2D eigenvalue weighted by molar-refractivity contribution is -0.147. The van der Waals surface area contributed by atoms with E-state index in [9.17, 15) is 14.4 Å². The van der Waals surface area contributed by atoms with E-state index in [1.165, 1.54) is 6.92 Å². The van der Waals surface area contributed by atoms with E-state index < -0.39 is 0 Å². The number of benzene rings is 1. The van der Waals surface area contributed by atoms with Crippen molar-refractivity contribution < 1.29 is 19.1 Å². The van der Waals surface area contributed by atoms with Gasteiger partial charge >= 0.3 is 5.97 Å². The van der Waals surface area contributed by atoms with Crippen LogP contribution in [-0.2, 0) is 19.1 Å². The third-order valence-electron chi connectivity index (χ3n) is 3.87. The van der Waals surface area contributed by atoms with Crippen LogP contribution in [0.5, 0.6) is 0 Å². The minimum Gasteiger partial charge on any atom is -0.463 e. The van der Waals surface area contributed by atoms with Crippen LogP contribution in [0.25, 0.3) is 6.08 Å².